The van der Waals surface area contributed by atoms with Crippen molar-refractivity contribution in [2.45, 2.75) is 12.8 Å². The molecule has 0 spiro atoms. The van der Waals surface area contributed by atoms with Gasteiger partial charge in [0.25, 0.3) is 0 Å². The van der Waals surface area contributed by atoms with Gasteiger partial charge in [-0.3, -0.25) is 4.57 Å². The van der Waals surface area contributed by atoms with Gasteiger partial charge in [0.1, 0.15) is 23.0 Å². The molecule has 0 aliphatic carbocycles. The summed E-state index contributed by atoms with van der Waals surface area (Å²) < 4.78 is 30.9. The van der Waals surface area contributed by atoms with Crippen molar-refractivity contribution >= 4 is 38.7 Å². The van der Waals surface area contributed by atoms with Crippen molar-refractivity contribution in [2.24, 2.45) is 7.05 Å². The molecule has 3 rings (SSSR count). The highest BCUT2D eigenvalue weighted by Crippen LogP contribution is 2.29. The molecule has 0 fully saturated rings. The third kappa shape index (κ3) is 2.15. The molecule has 2 aromatic heterocycles. The van der Waals surface area contributed by atoms with Gasteiger partial charge in [0.2, 0.25) is 0 Å². The third-order valence-corrected chi connectivity index (χ3v) is 4.07. The van der Waals surface area contributed by atoms with Crippen molar-refractivity contribution in [1.29, 1.82) is 0 Å². The molecule has 0 amide bonds. The zero-order chi connectivity index (χ0) is 15.3. The lowest BCUT2D eigenvalue weighted by Gasteiger charge is -2.10. The molecule has 3 aromatic rings. The fraction of sp³-hybridized carbons (Fsp3) is 0.231. The fourth-order valence-corrected chi connectivity index (χ4v) is 2.85. The van der Waals surface area contributed by atoms with Crippen molar-refractivity contribution in [2.75, 3.05) is 0 Å². The summed E-state index contributed by atoms with van der Waals surface area (Å²) in [5, 5.41) is 4.26. The fourth-order valence-electron chi connectivity index (χ4n) is 2.34. The minimum Gasteiger partial charge on any atom is -0.277 e. The Labute approximate surface area is 132 Å². The molecule has 0 aliphatic rings. The average Bonchev–Trinajstić information content (AvgIpc) is 2.93. The van der Waals surface area contributed by atoms with Gasteiger partial charge >= 0.3 is 0 Å². The molecule has 0 saturated carbocycles. The van der Waals surface area contributed by atoms with Crippen LogP contribution in [-0.4, -0.2) is 19.3 Å². The van der Waals surface area contributed by atoms with Crippen LogP contribution in [-0.2, 0) is 12.9 Å². The Morgan fingerprint density at radius 1 is 1.29 bits per heavy atom. The number of nitrogens with zero attached hydrogens (tertiary/aromatic N) is 4. The minimum absolute atomic E-state index is 0.0998. The normalized spacial score (nSPS) is 11.5. The zero-order valence-electron chi connectivity index (χ0n) is 11.2. The van der Waals surface area contributed by atoms with E-state index in [1.165, 1.54) is 6.07 Å². The Morgan fingerprint density at radius 2 is 2.00 bits per heavy atom. The van der Waals surface area contributed by atoms with E-state index in [2.05, 4.69) is 26.0 Å². The predicted octanol–water partition coefficient (Wildman–Crippen LogP) is 3.85. The van der Waals surface area contributed by atoms with Crippen LogP contribution in [0.3, 0.4) is 0 Å². The molecule has 8 heteroatoms. The molecular formula is C13H10BrClF2N4. The molecule has 110 valence electrons. The zero-order valence-corrected chi connectivity index (χ0v) is 13.5. The van der Waals surface area contributed by atoms with Gasteiger partial charge in [0, 0.05) is 13.1 Å². The Kier molecular flexibility index (Phi) is 3.49. The van der Waals surface area contributed by atoms with E-state index in [1.54, 1.807) is 16.3 Å². The maximum Gasteiger partial charge on any atom is 0.163 e. The van der Waals surface area contributed by atoms with Gasteiger partial charge in [0.15, 0.2) is 5.65 Å². The van der Waals surface area contributed by atoms with Crippen LogP contribution < -0.4 is 0 Å². The van der Waals surface area contributed by atoms with Gasteiger partial charge in [-0.25, -0.2) is 18.4 Å². The quantitative estimate of drug-likeness (QED) is 0.504. The summed E-state index contributed by atoms with van der Waals surface area (Å²) >= 11 is 8.99. The Bertz CT molecular complexity index is 856. The third-order valence-electron chi connectivity index (χ3n) is 3.22. The minimum atomic E-state index is -0.694. The standard InChI is InChI=1S/C13H10BrClF2N4/c1-6-12-13(20(2)19-6)21(11(5-15)18-12)10-3-7(14)8(16)4-9(10)17/h3-4H,5H2,1-2H3. The Hall–Kier alpha value is -1.47. The van der Waals surface area contributed by atoms with Gasteiger partial charge in [-0.15, -0.1) is 11.6 Å². The van der Waals surface area contributed by atoms with E-state index in [-0.39, 0.29) is 16.0 Å². The number of halogens is 4. The van der Waals surface area contributed by atoms with Crippen molar-refractivity contribution in [1.82, 2.24) is 19.3 Å². The largest absolute Gasteiger partial charge is 0.277 e. The van der Waals surface area contributed by atoms with E-state index >= 15 is 0 Å². The summed E-state index contributed by atoms with van der Waals surface area (Å²) in [6.07, 6.45) is 0. The molecule has 0 N–H and O–H groups in total. The number of alkyl halides is 1. The maximum absolute atomic E-state index is 14.2. The van der Waals surface area contributed by atoms with Crippen LogP contribution in [0.25, 0.3) is 16.9 Å². The van der Waals surface area contributed by atoms with Crippen LogP contribution >= 0.6 is 27.5 Å². The monoisotopic (exact) mass is 374 g/mol. The predicted molar refractivity (Wildman–Crippen MR) is 79.7 cm³/mol. The number of benzene rings is 1. The summed E-state index contributed by atoms with van der Waals surface area (Å²) in [4.78, 5) is 4.39. The number of imidazole rings is 1. The molecule has 2 heterocycles. The second-order valence-corrected chi connectivity index (χ2v) is 5.72. The van der Waals surface area contributed by atoms with Gasteiger partial charge in [-0.2, -0.15) is 5.10 Å². The Morgan fingerprint density at radius 3 is 2.67 bits per heavy atom. The molecular weight excluding hydrogens is 366 g/mol. The number of hydrogen-bond donors (Lipinski definition) is 0. The molecule has 4 nitrogen and oxygen atoms in total. The van der Waals surface area contributed by atoms with Gasteiger partial charge in [-0.1, -0.05) is 0 Å². The lowest BCUT2D eigenvalue weighted by Crippen LogP contribution is -2.06. The van der Waals surface area contributed by atoms with Gasteiger partial charge < -0.3 is 0 Å². The first-order chi connectivity index (χ1) is 9.93. The van der Waals surface area contributed by atoms with Gasteiger partial charge in [0.05, 0.1) is 21.7 Å². The van der Waals surface area contributed by atoms with Crippen LogP contribution in [0.4, 0.5) is 8.78 Å². The van der Waals surface area contributed by atoms with E-state index < -0.39 is 11.6 Å². The van der Waals surface area contributed by atoms with E-state index in [9.17, 15) is 8.78 Å². The van der Waals surface area contributed by atoms with E-state index in [0.717, 1.165) is 11.8 Å². The van der Waals surface area contributed by atoms with Crippen molar-refractivity contribution in [3.8, 4) is 5.69 Å². The van der Waals surface area contributed by atoms with E-state index in [1.807, 2.05) is 6.92 Å². The van der Waals surface area contributed by atoms with E-state index in [4.69, 9.17) is 11.6 Å². The van der Waals surface area contributed by atoms with Crippen molar-refractivity contribution in [3.05, 3.63) is 39.8 Å². The molecule has 0 atom stereocenters. The molecule has 0 aliphatic heterocycles. The highest BCUT2D eigenvalue weighted by molar-refractivity contribution is 9.10. The molecule has 0 saturated heterocycles. The maximum atomic E-state index is 14.2. The number of rotatable bonds is 2. The lowest BCUT2D eigenvalue weighted by molar-refractivity contribution is 0.572. The number of fused-ring (bicyclic) bond motifs is 1. The summed E-state index contributed by atoms with van der Waals surface area (Å²) in [5.74, 6) is -0.788. The average molecular weight is 376 g/mol. The SMILES string of the molecule is Cc1nn(C)c2c1nc(CCl)n2-c1cc(Br)c(F)cc1F. The van der Waals surface area contributed by atoms with Crippen LogP contribution in [0, 0.1) is 18.6 Å². The molecule has 1 aromatic carbocycles. The number of aryl methyl sites for hydroxylation is 2. The molecule has 21 heavy (non-hydrogen) atoms. The summed E-state index contributed by atoms with van der Waals surface area (Å²) in [6, 6.07) is 2.19. The van der Waals surface area contributed by atoms with Crippen molar-refractivity contribution < 1.29 is 8.78 Å². The number of aromatic nitrogens is 4. The van der Waals surface area contributed by atoms with E-state index in [0.29, 0.717) is 17.0 Å². The highest BCUT2D eigenvalue weighted by atomic mass is 79.9. The van der Waals surface area contributed by atoms with Crippen LogP contribution in [0.1, 0.15) is 11.5 Å². The summed E-state index contributed by atoms with van der Waals surface area (Å²) in [5.41, 5.74) is 2.15. The first kappa shape index (κ1) is 14.5. The van der Waals surface area contributed by atoms with Gasteiger partial charge in [-0.05, 0) is 28.9 Å². The number of hydrogen-bond acceptors (Lipinski definition) is 2. The molecule has 0 unspecified atom stereocenters. The second-order valence-electron chi connectivity index (χ2n) is 4.60. The smallest absolute Gasteiger partial charge is 0.163 e. The second kappa shape index (κ2) is 5.06. The lowest BCUT2D eigenvalue weighted by atomic mass is 10.3. The van der Waals surface area contributed by atoms with Crippen LogP contribution in [0.15, 0.2) is 16.6 Å². The van der Waals surface area contributed by atoms with Crippen LogP contribution in [0.5, 0.6) is 0 Å². The Balaban J connectivity index is 2.41. The highest BCUT2D eigenvalue weighted by Gasteiger charge is 2.21. The summed E-state index contributed by atoms with van der Waals surface area (Å²) in [7, 11) is 1.74. The molecule has 0 bridgehead atoms. The topological polar surface area (TPSA) is 35.6 Å². The first-order valence-electron chi connectivity index (χ1n) is 6.05. The summed E-state index contributed by atoms with van der Waals surface area (Å²) in [6.45, 7) is 1.81. The van der Waals surface area contributed by atoms with Crippen molar-refractivity contribution in [3.63, 3.8) is 0 Å². The molecule has 0 radical (unpaired) electrons. The van der Waals surface area contributed by atoms with Crippen LogP contribution in [0.2, 0.25) is 0 Å². The first-order valence-corrected chi connectivity index (χ1v) is 7.38.